The number of carbonyl (C=O) groups is 1. The molecule has 0 atom stereocenters. The quantitative estimate of drug-likeness (QED) is 0.602. The molecular weight excluding hydrogens is 260 g/mol. The number of carbonyl (C=O) groups excluding carboxylic acids is 1. The lowest BCUT2D eigenvalue weighted by atomic mass is 10.2. The minimum atomic E-state index is -0.591. The zero-order valence-corrected chi connectivity index (χ0v) is 9.73. The molecule has 0 radical (unpaired) electrons. The van der Waals surface area contributed by atoms with Crippen molar-refractivity contribution in [3.63, 3.8) is 0 Å². The van der Waals surface area contributed by atoms with Crippen molar-refractivity contribution < 1.29 is 4.79 Å². The van der Waals surface area contributed by atoms with Crippen LogP contribution in [-0.2, 0) is 0 Å². The molecule has 0 aromatic heterocycles. The van der Waals surface area contributed by atoms with Gasteiger partial charge in [-0.05, 0) is 18.2 Å². The predicted octanol–water partition coefficient (Wildman–Crippen LogP) is 1.83. The minimum absolute atomic E-state index is 0. The zero-order chi connectivity index (χ0) is 10.7. The van der Waals surface area contributed by atoms with Crippen LogP contribution in [0.25, 0.3) is 0 Å². The van der Waals surface area contributed by atoms with E-state index < -0.39 is 5.91 Å². The molecule has 1 aromatic carbocycles. The van der Waals surface area contributed by atoms with Gasteiger partial charge in [0.05, 0.1) is 10.6 Å². The SMILES string of the molecule is Cl.NC(N)=NC(=O)c1ccc(Cl)cc1Cl. The Hall–Kier alpha value is -0.970. The van der Waals surface area contributed by atoms with Crippen LogP contribution in [0.1, 0.15) is 10.4 Å². The van der Waals surface area contributed by atoms with Gasteiger partial charge < -0.3 is 11.5 Å². The summed E-state index contributed by atoms with van der Waals surface area (Å²) in [7, 11) is 0. The standard InChI is InChI=1S/C8H7Cl2N3O.ClH/c9-4-1-2-5(6(10)3-4)7(14)13-8(11)12;/h1-3H,(H4,11,12,13,14);1H. The van der Waals surface area contributed by atoms with Crippen LogP contribution in [0.5, 0.6) is 0 Å². The summed E-state index contributed by atoms with van der Waals surface area (Å²) in [4.78, 5) is 14.7. The van der Waals surface area contributed by atoms with Crippen molar-refractivity contribution in [2.45, 2.75) is 0 Å². The van der Waals surface area contributed by atoms with Gasteiger partial charge in [-0.25, -0.2) is 0 Å². The Bertz CT molecular complexity index is 402. The molecule has 0 aliphatic carbocycles. The molecule has 0 aliphatic rings. The van der Waals surface area contributed by atoms with Gasteiger partial charge in [-0.1, -0.05) is 23.2 Å². The maximum absolute atomic E-state index is 11.3. The summed E-state index contributed by atoms with van der Waals surface area (Å²) in [6.45, 7) is 0. The van der Waals surface area contributed by atoms with Crippen molar-refractivity contribution in [2.24, 2.45) is 16.5 Å². The van der Waals surface area contributed by atoms with Crippen LogP contribution in [0, 0.1) is 0 Å². The van der Waals surface area contributed by atoms with E-state index in [9.17, 15) is 4.79 Å². The fourth-order valence-electron chi connectivity index (χ4n) is 0.840. The van der Waals surface area contributed by atoms with Gasteiger partial charge in [0.15, 0.2) is 5.96 Å². The second-order valence-electron chi connectivity index (χ2n) is 2.47. The average molecular weight is 269 g/mol. The topological polar surface area (TPSA) is 81.5 Å². The smallest absolute Gasteiger partial charge is 0.281 e. The molecule has 0 saturated carbocycles. The fourth-order valence-corrected chi connectivity index (χ4v) is 1.33. The lowest BCUT2D eigenvalue weighted by molar-refractivity contribution is 0.100. The maximum Gasteiger partial charge on any atom is 0.281 e. The summed E-state index contributed by atoms with van der Waals surface area (Å²) in [6.07, 6.45) is 0. The minimum Gasteiger partial charge on any atom is -0.370 e. The van der Waals surface area contributed by atoms with E-state index in [-0.39, 0.29) is 29.0 Å². The molecule has 0 bridgehead atoms. The Kier molecular flexibility index (Phi) is 5.43. The molecule has 0 fully saturated rings. The molecule has 82 valence electrons. The first kappa shape index (κ1) is 14.0. The van der Waals surface area contributed by atoms with Crippen LogP contribution in [0.2, 0.25) is 10.0 Å². The van der Waals surface area contributed by atoms with Gasteiger partial charge in [0, 0.05) is 5.02 Å². The molecule has 15 heavy (non-hydrogen) atoms. The Morgan fingerprint density at radius 3 is 2.33 bits per heavy atom. The van der Waals surface area contributed by atoms with Crippen LogP contribution in [0.3, 0.4) is 0 Å². The monoisotopic (exact) mass is 267 g/mol. The first-order valence-electron chi connectivity index (χ1n) is 3.59. The number of hydrogen-bond acceptors (Lipinski definition) is 1. The molecule has 4 N–H and O–H groups in total. The molecule has 0 aliphatic heterocycles. The van der Waals surface area contributed by atoms with E-state index in [1.165, 1.54) is 18.2 Å². The van der Waals surface area contributed by atoms with E-state index in [0.29, 0.717) is 5.02 Å². The number of hydrogen-bond donors (Lipinski definition) is 2. The van der Waals surface area contributed by atoms with Gasteiger partial charge in [0.25, 0.3) is 5.91 Å². The van der Waals surface area contributed by atoms with Crippen LogP contribution >= 0.6 is 35.6 Å². The summed E-state index contributed by atoms with van der Waals surface area (Å²) >= 11 is 11.4. The maximum atomic E-state index is 11.3. The number of nitrogens with zero attached hydrogens (tertiary/aromatic N) is 1. The highest BCUT2D eigenvalue weighted by Crippen LogP contribution is 2.21. The highest BCUT2D eigenvalue weighted by molar-refractivity contribution is 6.36. The molecule has 0 heterocycles. The highest BCUT2D eigenvalue weighted by Gasteiger charge is 2.09. The summed E-state index contributed by atoms with van der Waals surface area (Å²) in [5.41, 5.74) is 10.3. The zero-order valence-electron chi connectivity index (χ0n) is 7.41. The molecular formula is C8H8Cl3N3O. The Morgan fingerprint density at radius 1 is 1.27 bits per heavy atom. The van der Waals surface area contributed by atoms with E-state index in [4.69, 9.17) is 34.7 Å². The second-order valence-corrected chi connectivity index (χ2v) is 3.31. The van der Waals surface area contributed by atoms with Crippen LogP contribution in [-0.4, -0.2) is 11.9 Å². The lowest BCUT2D eigenvalue weighted by Gasteiger charge is -1.99. The normalized spacial score (nSPS) is 8.93. The van der Waals surface area contributed by atoms with Gasteiger partial charge in [-0.3, -0.25) is 4.79 Å². The van der Waals surface area contributed by atoms with Crippen LogP contribution < -0.4 is 11.5 Å². The molecule has 0 saturated heterocycles. The lowest BCUT2D eigenvalue weighted by Crippen LogP contribution is -2.24. The number of guanidine groups is 1. The van der Waals surface area contributed by atoms with Gasteiger partial charge >= 0.3 is 0 Å². The van der Waals surface area contributed by atoms with Gasteiger partial charge in [-0.2, -0.15) is 4.99 Å². The van der Waals surface area contributed by atoms with E-state index in [0.717, 1.165) is 0 Å². The third kappa shape index (κ3) is 3.95. The number of nitrogens with two attached hydrogens (primary N) is 2. The van der Waals surface area contributed by atoms with Crippen LogP contribution in [0.15, 0.2) is 23.2 Å². The van der Waals surface area contributed by atoms with E-state index in [1.807, 2.05) is 0 Å². The fraction of sp³-hybridized carbons (Fsp3) is 0. The van der Waals surface area contributed by atoms with Crippen molar-refractivity contribution in [1.29, 1.82) is 0 Å². The number of halogens is 3. The van der Waals surface area contributed by atoms with E-state index in [2.05, 4.69) is 4.99 Å². The molecule has 4 nitrogen and oxygen atoms in total. The van der Waals surface area contributed by atoms with Gasteiger partial charge in [0.2, 0.25) is 0 Å². The van der Waals surface area contributed by atoms with Crippen LogP contribution in [0.4, 0.5) is 0 Å². The average Bonchev–Trinajstić information content (AvgIpc) is 2.01. The predicted molar refractivity (Wildman–Crippen MR) is 63.9 cm³/mol. The molecule has 0 spiro atoms. The first-order chi connectivity index (χ1) is 6.50. The third-order valence-corrected chi connectivity index (χ3v) is 1.94. The number of benzene rings is 1. The van der Waals surface area contributed by atoms with Gasteiger partial charge in [0.1, 0.15) is 0 Å². The molecule has 1 amide bonds. The Balaban J connectivity index is 0.00000196. The third-order valence-electron chi connectivity index (χ3n) is 1.39. The molecule has 1 rings (SSSR count). The van der Waals surface area contributed by atoms with Crippen molar-refractivity contribution >= 4 is 47.5 Å². The largest absolute Gasteiger partial charge is 0.370 e. The number of aliphatic imine (C=N–C) groups is 1. The summed E-state index contributed by atoms with van der Waals surface area (Å²) in [5, 5.41) is 0.656. The van der Waals surface area contributed by atoms with Crippen molar-refractivity contribution in [3.05, 3.63) is 33.8 Å². The summed E-state index contributed by atoms with van der Waals surface area (Å²) in [5.74, 6) is -0.896. The summed E-state index contributed by atoms with van der Waals surface area (Å²) in [6, 6.07) is 4.43. The van der Waals surface area contributed by atoms with E-state index in [1.54, 1.807) is 0 Å². The number of rotatable bonds is 1. The first-order valence-corrected chi connectivity index (χ1v) is 4.35. The number of amides is 1. The summed E-state index contributed by atoms with van der Waals surface area (Å²) < 4.78 is 0. The molecule has 0 unspecified atom stereocenters. The highest BCUT2D eigenvalue weighted by atomic mass is 35.5. The second kappa shape index (κ2) is 5.80. The molecule has 1 aromatic rings. The Morgan fingerprint density at radius 2 is 1.87 bits per heavy atom. The van der Waals surface area contributed by atoms with Crippen molar-refractivity contribution in [3.8, 4) is 0 Å². The van der Waals surface area contributed by atoms with Crippen molar-refractivity contribution in [1.82, 2.24) is 0 Å². The van der Waals surface area contributed by atoms with Crippen molar-refractivity contribution in [2.75, 3.05) is 0 Å². The van der Waals surface area contributed by atoms with E-state index >= 15 is 0 Å². The van der Waals surface area contributed by atoms with Gasteiger partial charge in [-0.15, -0.1) is 12.4 Å². The Labute approximate surface area is 103 Å². The molecule has 7 heteroatoms.